The van der Waals surface area contributed by atoms with Crippen molar-refractivity contribution in [2.45, 2.75) is 32.2 Å². The van der Waals surface area contributed by atoms with Crippen LogP contribution < -0.4 is 0 Å². The second kappa shape index (κ2) is 9.36. The van der Waals surface area contributed by atoms with Crippen LogP contribution in [0.25, 0.3) is 11.1 Å². The van der Waals surface area contributed by atoms with Gasteiger partial charge in [0.25, 0.3) is 0 Å². The van der Waals surface area contributed by atoms with E-state index in [1.807, 2.05) is 20.8 Å². The van der Waals surface area contributed by atoms with Gasteiger partial charge in [-0.15, -0.1) is 0 Å². The van der Waals surface area contributed by atoms with Gasteiger partial charge in [-0.2, -0.15) is 4.31 Å². The fraction of sp³-hybridized carbons (Fsp3) is 0.261. The first-order chi connectivity index (χ1) is 14.3. The minimum absolute atomic E-state index is 0.0613. The van der Waals surface area contributed by atoms with Gasteiger partial charge in [0.15, 0.2) is 0 Å². The monoisotopic (exact) mass is 427 g/mol. The summed E-state index contributed by atoms with van der Waals surface area (Å²) in [6, 6.07) is 12.8. The third-order valence-corrected chi connectivity index (χ3v) is 6.51. The van der Waals surface area contributed by atoms with Crippen LogP contribution in [0.3, 0.4) is 0 Å². The van der Waals surface area contributed by atoms with Gasteiger partial charge in [0.1, 0.15) is 5.82 Å². The summed E-state index contributed by atoms with van der Waals surface area (Å²) >= 11 is 0. The number of allylic oxidation sites excluding steroid dienone is 1. The number of hydrogen-bond donors (Lipinski definition) is 1. The van der Waals surface area contributed by atoms with E-state index in [9.17, 15) is 12.8 Å². The SMILES string of the molecule is CC(C)=CC(C)CN(Cc1cnc[nH]1)S(=O)(=O)c1ccc(-c2ccc(F)cc2)cc1. The molecular formula is C23H26FN3O2S. The molecule has 0 amide bonds. The summed E-state index contributed by atoms with van der Waals surface area (Å²) in [5.74, 6) is -0.246. The van der Waals surface area contributed by atoms with Crippen molar-refractivity contribution in [2.24, 2.45) is 5.92 Å². The van der Waals surface area contributed by atoms with Gasteiger partial charge >= 0.3 is 0 Å². The maximum absolute atomic E-state index is 13.4. The Morgan fingerprint density at radius 2 is 1.70 bits per heavy atom. The zero-order valence-electron chi connectivity index (χ0n) is 17.3. The van der Waals surface area contributed by atoms with Crippen LogP contribution in [0.5, 0.6) is 0 Å². The summed E-state index contributed by atoms with van der Waals surface area (Å²) in [6.07, 6.45) is 5.23. The van der Waals surface area contributed by atoms with Crippen LogP contribution in [-0.2, 0) is 16.6 Å². The minimum atomic E-state index is -3.72. The lowest BCUT2D eigenvalue weighted by atomic mass is 10.1. The third kappa shape index (κ3) is 5.43. The molecular weight excluding hydrogens is 401 g/mol. The van der Waals surface area contributed by atoms with Gasteiger partial charge < -0.3 is 4.98 Å². The number of nitrogens with zero attached hydrogens (tertiary/aromatic N) is 2. The molecule has 1 aromatic heterocycles. The molecule has 0 aliphatic carbocycles. The van der Waals surface area contributed by atoms with Crippen LogP contribution in [0.2, 0.25) is 0 Å². The Balaban J connectivity index is 1.89. The maximum atomic E-state index is 13.4. The van der Waals surface area contributed by atoms with Crippen molar-refractivity contribution >= 4 is 10.0 Å². The molecule has 0 aliphatic heterocycles. The molecule has 158 valence electrons. The fourth-order valence-corrected chi connectivity index (χ4v) is 4.88. The summed E-state index contributed by atoms with van der Waals surface area (Å²) in [6.45, 7) is 6.56. The highest BCUT2D eigenvalue weighted by Gasteiger charge is 2.26. The van der Waals surface area contributed by atoms with Crippen molar-refractivity contribution in [2.75, 3.05) is 6.54 Å². The molecule has 0 aliphatic rings. The Hall–Kier alpha value is -2.77. The number of benzene rings is 2. The van der Waals surface area contributed by atoms with Crippen LogP contribution in [0.4, 0.5) is 4.39 Å². The average Bonchev–Trinajstić information content (AvgIpc) is 3.21. The van der Waals surface area contributed by atoms with Gasteiger partial charge in [-0.3, -0.25) is 0 Å². The van der Waals surface area contributed by atoms with Crippen LogP contribution in [0, 0.1) is 11.7 Å². The zero-order chi connectivity index (χ0) is 21.7. The summed E-state index contributed by atoms with van der Waals surface area (Å²) < 4.78 is 41.4. The van der Waals surface area contributed by atoms with Gasteiger partial charge in [-0.25, -0.2) is 17.8 Å². The summed E-state index contributed by atoms with van der Waals surface area (Å²) in [4.78, 5) is 7.19. The molecule has 0 fully saturated rings. The largest absolute Gasteiger partial charge is 0.347 e. The highest BCUT2D eigenvalue weighted by molar-refractivity contribution is 7.89. The number of rotatable bonds is 8. The molecule has 7 heteroatoms. The van der Waals surface area contributed by atoms with E-state index in [1.165, 1.54) is 22.8 Å². The summed E-state index contributed by atoms with van der Waals surface area (Å²) in [5, 5.41) is 0. The number of hydrogen-bond acceptors (Lipinski definition) is 3. The Kier molecular flexibility index (Phi) is 6.84. The van der Waals surface area contributed by atoms with E-state index in [1.54, 1.807) is 42.6 Å². The second-order valence-electron chi connectivity index (χ2n) is 7.63. The first kappa shape index (κ1) is 21.9. The van der Waals surface area contributed by atoms with E-state index in [-0.39, 0.29) is 23.2 Å². The van der Waals surface area contributed by atoms with E-state index >= 15 is 0 Å². The molecule has 3 aromatic rings. The van der Waals surface area contributed by atoms with Gasteiger partial charge in [0, 0.05) is 18.4 Å². The lowest BCUT2D eigenvalue weighted by Crippen LogP contribution is -2.34. The summed E-state index contributed by atoms with van der Waals surface area (Å²) in [5.41, 5.74) is 3.52. The average molecular weight is 428 g/mol. The molecule has 1 unspecified atom stereocenters. The first-order valence-electron chi connectivity index (χ1n) is 9.74. The highest BCUT2D eigenvalue weighted by Crippen LogP contribution is 2.25. The molecule has 0 saturated carbocycles. The van der Waals surface area contributed by atoms with Crippen molar-refractivity contribution < 1.29 is 12.8 Å². The number of H-pyrrole nitrogens is 1. The van der Waals surface area contributed by atoms with Gasteiger partial charge in [-0.05, 0) is 55.2 Å². The number of aromatic amines is 1. The lowest BCUT2D eigenvalue weighted by Gasteiger charge is -2.24. The van der Waals surface area contributed by atoms with Crippen LogP contribution >= 0.6 is 0 Å². The number of nitrogens with one attached hydrogen (secondary N) is 1. The quantitative estimate of drug-likeness (QED) is 0.514. The predicted molar refractivity (Wildman–Crippen MR) is 117 cm³/mol. The number of imidazole rings is 1. The molecule has 1 heterocycles. The van der Waals surface area contributed by atoms with Gasteiger partial charge in [0.2, 0.25) is 10.0 Å². The lowest BCUT2D eigenvalue weighted by molar-refractivity contribution is 0.373. The van der Waals surface area contributed by atoms with Crippen molar-refractivity contribution in [1.29, 1.82) is 0 Å². The predicted octanol–water partition coefficient (Wildman–Crippen LogP) is 5.01. The smallest absolute Gasteiger partial charge is 0.243 e. The third-order valence-electron chi connectivity index (χ3n) is 4.68. The molecule has 0 bridgehead atoms. The van der Waals surface area contributed by atoms with E-state index in [0.29, 0.717) is 6.54 Å². The van der Waals surface area contributed by atoms with Crippen molar-refractivity contribution in [3.05, 3.63) is 84.2 Å². The van der Waals surface area contributed by atoms with Gasteiger partial charge in [-0.1, -0.05) is 42.8 Å². The molecule has 2 aromatic carbocycles. The second-order valence-corrected chi connectivity index (χ2v) is 9.56. The summed E-state index contributed by atoms with van der Waals surface area (Å²) in [7, 11) is -3.72. The Bertz CT molecular complexity index is 1090. The van der Waals surface area contributed by atoms with E-state index in [2.05, 4.69) is 16.0 Å². The van der Waals surface area contributed by atoms with Gasteiger partial charge in [0.05, 0.1) is 17.8 Å². The number of aromatic nitrogens is 2. The molecule has 0 radical (unpaired) electrons. The minimum Gasteiger partial charge on any atom is -0.347 e. The Morgan fingerprint density at radius 3 is 2.23 bits per heavy atom. The molecule has 0 spiro atoms. The molecule has 1 atom stereocenters. The van der Waals surface area contributed by atoms with Crippen LogP contribution in [0.1, 0.15) is 26.5 Å². The van der Waals surface area contributed by atoms with E-state index in [0.717, 1.165) is 22.4 Å². The molecule has 1 N–H and O–H groups in total. The number of halogens is 1. The molecule has 30 heavy (non-hydrogen) atoms. The standard InChI is InChI=1S/C23H26FN3O2S/c1-17(2)12-18(3)14-27(15-22-13-25-16-26-22)30(28,29)23-10-6-20(7-11-23)19-4-8-21(24)9-5-19/h4-13,16,18H,14-15H2,1-3H3,(H,25,26). The molecule has 0 saturated heterocycles. The van der Waals surface area contributed by atoms with Crippen LogP contribution in [-0.4, -0.2) is 29.2 Å². The molecule has 5 nitrogen and oxygen atoms in total. The fourth-order valence-electron chi connectivity index (χ4n) is 3.36. The Labute approximate surface area is 177 Å². The highest BCUT2D eigenvalue weighted by atomic mass is 32.2. The van der Waals surface area contributed by atoms with E-state index in [4.69, 9.17) is 0 Å². The topological polar surface area (TPSA) is 66.1 Å². The Morgan fingerprint density at radius 1 is 1.10 bits per heavy atom. The van der Waals surface area contributed by atoms with Crippen molar-refractivity contribution in [1.82, 2.24) is 14.3 Å². The maximum Gasteiger partial charge on any atom is 0.243 e. The molecule has 3 rings (SSSR count). The zero-order valence-corrected chi connectivity index (χ0v) is 18.2. The van der Waals surface area contributed by atoms with E-state index < -0.39 is 10.0 Å². The van der Waals surface area contributed by atoms with Crippen molar-refractivity contribution in [3.63, 3.8) is 0 Å². The first-order valence-corrected chi connectivity index (χ1v) is 11.2. The van der Waals surface area contributed by atoms with Crippen LogP contribution in [0.15, 0.2) is 77.6 Å². The number of sulfonamides is 1. The normalized spacial score (nSPS) is 12.7. The van der Waals surface area contributed by atoms with Crippen molar-refractivity contribution in [3.8, 4) is 11.1 Å².